The third-order valence-corrected chi connectivity index (χ3v) is 3.84. The van der Waals surface area contributed by atoms with Crippen LogP contribution in [-0.4, -0.2) is 61.3 Å². The number of esters is 1. The number of carbonyl (C=O) groups excluding carboxylic acids is 1. The summed E-state index contributed by atoms with van der Waals surface area (Å²) in [7, 11) is 1.50. The van der Waals surface area contributed by atoms with Crippen LogP contribution in [0.2, 0.25) is 0 Å². The van der Waals surface area contributed by atoms with Crippen molar-refractivity contribution in [2.75, 3.05) is 20.3 Å². The van der Waals surface area contributed by atoms with Crippen molar-refractivity contribution in [3.05, 3.63) is 0 Å². The van der Waals surface area contributed by atoms with Crippen LogP contribution in [0.15, 0.2) is 0 Å². The quantitative estimate of drug-likeness (QED) is 0.769. The van der Waals surface area contributed by atoms with Crippen molar-refractivity contribution >= 4 is 5.97 Å². The van der Waals surface area contributed by atoms with E-state index >= 15 is 0 Å². The zero-order chi connectivity index (χ0) is 16.8. The van der Waals surface area contributed by atoms with Gasteiger partial charge in [-0.3, -0.25) is 4.79 Å². The molecule has 2 rings (SSSR count). The van der Waals surface area contributed by atoms with Crippen molar-refractivity contribution in [3.8, 4) is 0 Å². The minimum absolute atomic E-state index is 0.127. The maximum atomic E-state index is 12.0. The van der Waals surface area contributed by atoms with E-state index in [-0.39, 0.29) is 19.2 Å². The van der Waals surface area contributed by atoms with Crippen LogP contribution in [0.1, 0.15) is 34.6 Å². The fourth-order valence-corrected chi connectivity index (χ4v) is 2.69. The number of ether oxygens (including phenoxy) is 5. The topological polar surface area (TPSA) is 83.5 Å². The summed E-state index contributed by atoms with van der Waals surface area (Å²) in [6, 6.07) is 0. The predicted molar refractivity (Wildman–Crippen MR) is 75.9 cm³/mol. The third kappa shape index (κ3) is 3.14. The zero-order valence-electron chi connectivity index (χ0n) is 14.0. The van der Waals surface area contributed by atoms with Gasteiger partial charge in [0.25, 0.3) is 0 Å². The van der Waals surface area contributed by atoms with Crippen LogP contribution in [0, 0.1) is 5.41 Å². The highest BCUT2D eigenvalue weighted by Gasteiger charge is 2.62. The number of methoxy groups -OCH3 is 1. The van der Waals surface area contributed by atoms with Gasteiger partial charge < -0.3 is 28.8 Å². The van der Waals surface area contributed by atoms with Crippen molar-refractivity contribution in [1.29, 1.82) is 0 Å². The molecule has 2 saturated heterocycles. The van der Waals surface area contributed by atoms with Gasteiger partial charge in [-0.1, -0.05) is 0 Å². The lowest BCUT2D eigenvalue weighted by Crippen LogP contribution is -2.53. The summed E-state index contributed by atoms with van der Waals surface area (Å²) >= 11 is 0. The summed E-state index contributed by atoms with van der Waals surface area (Å²) in [5.74, 6) is -1.16. The first-order chi connectivity index (χ1) is 10.0. The molecule has 0 spiro atoms. The Morgan fingerprint density at radius 1 is 1.23 bits per heavy atom. The molecule has 7 nitrogen and oxygen atoms in total. The molecule has 1 N–H and O–H groups in total. The minimum atomic E-state index is -1.19. The van der Waals surface area contributed by atoms with Crippen molar-refractivity contribution in [3.63, 3.8) is 0 Å². The number of aliphatic hydroxyl groups is 1. The van der Waals surface area contributed by atoms with Gasteiger partial charge in [-0.15, -0.1) is 0 Å². The molecule has 0 aliphatic carbocycles. The van der Waals surface area contributed by atoms with E-state index in [4.69, 9.17) is 23.7 Å². The summed E-state index contributed by atoms with van der Waals surface area (Å²) in [4.78, 5) is 12.0. The summed E-state index contributed by atoms with van der Waals surface area (Å²) < 4.78 is 28.0. The molecule has 0 unspecified atom stereocenters. The lowest BCUT2D eigenvalue weighted by Gasteiger charge is -2.34. The minimum Gasteiger partial charge on any atom is -0.462 e. The monoisotopic (exact) mass is 318 g/mol. The third-order valence-electron chi connectivity index (χ3n) is 3.84. The van der Waals surface area contributed by atoms with Gasteiger partial charge in [0.05, 0.1) is 12.0 Å². The predicted octanol–water partition coefficient (Wildman–Crippen LogP) is 0.830. The second-order valence-corrected chi connectivity index (χ2v) is 7.29. The Hall–Kier alpha value is -0.730. The fraction of sp³-hybridized carbons (Fsp3) is 0.933. The molecule has 0 aromatic rings. The molecular formula is C15H26O7. The SMILES string of the molecule is CO[C@H]1[C@H]2OC(C)(C)O[C@H]2O[C@@]1(CO)COC(=O)C(C)(C)C. The number of hydrogen-bond acceptors (Lipinski definition) is 7. The van der Waals surface area contributed by atoms with Crippen LogP contribution < -0.4 is 0 Å². The van der Waals surface area contributed by atoms with E-state index in [1.807, 2.05) is 0 Å². The smallest absolute Gasteiger partial charge is 0.311 e. The van der Waals surface area contributed by atoms with Crippen molar-refractivity contribution in [2.24, 2.45) is 5.41 Å². The van der Waals surface area contributed by atoms with Crippen molar-refractivity contribution < 1.29 is 33.6 Å². The maximum absolute atomic E-state index is 12.0. The lowest BCUT2D eigenvalue weighted by atomic mass is 9.95. The van der Waals surface area contributed by atoms with Crippen LogP contribution in [-0.2, 0) is 28.5 Å². The summed E-state index contributed by atoms with van der Waals surface area (Å²) in [5.41, 5.74) is -1.83. The number of hydrogen-bond donors (Lipinski definition) is 1. The second-order valence-electron chi connectivity index (χ2n) is 7.29. The standard InChI is InChI=1S/C15H26O7/c1-13(2,3)12(17)19-8-15(7-16)10(18-6)9-11(22-15)21-14(4,5)20-9/h9-11,16H,7-8H2,1-6H3/t9-,10+,11+,15+/m1/s1. The number of fused-ring (bicyclic) bond motifs is 1. The molecular weight excluding hydrogens is 292 g/mol. The van der Waals surface area contributed by atoms with Crippen molar-refractivity contribution in [1.82, 2.24) is 0 Å². The molecule has 7 heteroatoms. The molecule has 0 radical (unpaired) electrons. The van der Waals surface area contributed by atoms with Crippen LogP contribution in [0.5, 0.6) is 0 Å². The number of carbonyl (C=O) groups is 1. The van der Waals surface area contributed by atoms with E-state index in [2.05, 4.69) is 0 Å². The van der Waals surface area contributed by atoms with Gasteiger partial charge in [0.15, 0.2) is 17.7 Å². The highest BCUT2D eigenvalue weighted by molar-refractivity contribution is 5.75. The van der Waals surface area contributed by atoms with E-state index in [9.17, 15) is 9.90 Å². The van der Waals surface area contributed by atoms with Crippen LogP contribution in [0.25, 0.3) is 0 Å². The fourth-order valence-electron chi connectivity index (χ4n) is 2.69. The molecule has 22 heavy (non-hydrogen) atoms. The highest BCUT2D eigenvalue weighted by atomic mass is 16.8. The Kier molecular flexibility index (Phi) is 4.58. The van der Waals surface area contributed by atoms with Crippen LogP contribution in [0.4, 0.5) is 0 Å². The average molecular weight is 318 g/mol. The Labute approximate surface area is 130 Å². The van der Waals surface area contributed by atoms with Gasteiger partial charge in [-0.2, -0.15) is 0 Å². The van der Waals surface area contributed by atoms with Crippen molar-refractivity contribution in [2.45, 2.75) is 64.5 Å². The van der Waals surface area contributed by atoms with E-state index in [0.29, 0.717) is 0 Å². The Morgan fingerprint density at radius 2 is 1.86 bits per heavy atom. The van der Waals surface area contributed by atoms with Gasteiger partial charge in [0.1, 0.15) is 18.8 Å². The highest BCUT2D eigenvalue weighted by Crippen LogP contribution is 2.43. The molecule has 128 valence electrons. The summed E-state index contributed by atoms with van der Waals surface area (Å²) in [6.45, 7) is 8.33. The second kappa shape index (κ2) is 5.72. The molecule has 0 amide bonds. The Bertz CT molecular complexity index is 428. The maximum Gasteiger partial charge on any atom is 0.311 e. The molecule has 2 aliphatic rings. The first-order valence-corrected chi connectivity index (χ1v) is 7.39. The molecule has 4 atom stereocenters. The van der Waals surface area contributed by atoms with E-state index in [1.54, 1.807) is 34.6 Å². The Morgan fingerprint density at radius 3 is 2.36 bits per heavy atom. The van der Waals surface area contributed by atoms with Gasteiger partial charge in [-0.25, -0.2) is 0 Å². The summed E-state index contributed by atoms with van der Waals surface area (Å²) in [6.07, 6.45) is -1.75. The zero-order valence-corrected chi connectivity index (χ0v) is 14.0. The first kappa shape index (κ1) is 17.6. The average Bonchev–Trinajstić information content (AvgIpc) is 2.83. The molecule has 0 aromatic heterocycles. The van der Waals surface area contributed by atoms with Gasteiger partial charge in [0, 0.05) is 7.11 Å². The van der Waals surface area contributed by atoms with Gasteiger partial charge >= 0.3 is 5.97 Å². The normalized spacial score (nSPS) is 37.1. The molecule has 0 aromatic carbocycles. The number of rotatable bonds is 4. The molecule has 2 fully saturated rings. The summed E-state index contributed by atoms with van der Waals surface area (Å²) in [5, 5.41) is 9.81. The Balaban J connectivity index is 2.12. The number of aliphatic hydroxyl groups excluding tert-OH is 1. The van der Waals surface area contributed by atoms with E-state index < -0.39 is 35.3 Å². The van der Waals surface area contributed by atoms with Gasteiger partial charge in [-0.05, 0) is 34.6 Å². The molecule has 2 aliphatic heterocycles. The van der Waals surface area contributed by atoms with E-state index in [1.165, 1.54) is 7.11 Å². The largest absolute Gasteiger partial charge is 0.462 e. The van der Waals surface area contributed by atoms with Crippen LogP contribution >= 0.6 is 0 Å². The molecule has 0 bridgehead atoms. The molecule has 0 saturated carbocycles. The first-order valence-electron chi connectivity index (χ1n) is 7.39. The van der Waals surface area contributed by atoms with Gasteiger partial charge in [0.2, 0.25) is 0 Å². The van der Waals surface area contributed by atoms with Crippen LogP contribution in [0.3, 0.4) is 0 Å². The van der Waals surface area contributed by atoms with E-state index in [0.717, 1.165) is 0 Å². The molecule has 2 heterocycles. The lowest BCUT2D eigenvalue weighted by molar-refractivity contribution is -0.257.